The summed E-state index contributed by atoms with van der Waals surface area (Å²) in [5.74, 6) is 0.551. The van der Waals surface area contributed by atoms with Crippen molar-refractivity contribution in [2.24, 2.45) is 0 Å². The molecule has 0 unspecified atom stereocenters. The van der Waals surface area contributed by atoms with E-state index in [2.05, 4.69) is 6.92 Å². The van der Waals surface area contributed by atoms with Crippen molar-refractivity contribution in [2.75, 3.05) is 13.4 Å². The molecule has 1 aliphatic heterocycles. The molecule has 0 aromatic heterocycles. The molecular formula is C18H27BO5. The highest BCUT2D eigenvalue weighted by molar-refractivity contribution is 6.64. The van der Waals surface area contributed by atoms with Crippen LogP contribution in [0.4, 0.5) is 0 Å². The van der Waals surface area contributed by atoms with Gasteiger partial charge in [0, 0.05) is 11.0 Å². The summed E-state index contributed by atoms with van der Waals surface area (Å²) in [7, 11) is -0.651. The van der Waals surface area contributed by atoms with Gasteiger partial charge in [0.15, 0.2) is 6.79 Å². The Morgan fingerprint density at radius 3 is 2.42 bits per heavy atom. The van der Waals surface area contributed by atoms with Crippen LogP contribution in [0.5, 0.6) is 5.75 Å². The summed E-state index contributed by atoms with van der Waals surface area (Å²) in [6, 6.07) is 5.31. The van der Waals surface area contributed by atoms with E-state index >= 15 is 0 Å². The first kappa shape index (κ1) is 19.0. The SMILES string of the molecule is CCCCOCOc1cccc(C=O)c1B1OC(C)(C)C(C)(C)O1. The molecule has 1 aromatic carbocycles. The topological polar surface area (TPSA) is 54.0 Å². The Labute approximate surface area is 144 Å². The predicted molar refractivity (Wildman–Crippen MR) is 93.9 cm³/mol. The Balaban J connectivity index is 2.20. The van der Waals surface area contributed by atoms with Gasteiger partial charge in [0.25, 0.3) is 0 Å². The molecule has 0 N–H and O–H groups in total. The standard InChI is InChI=1S/C18H27BO5/c1-6-7-11-21-13-22-15-10-8-9-14(12-20)16(15)19-23-17(2,3)18(4,5)24-19/h8-10,12H,6-7,11,13H2,1-5H3. The number of hydrogen-bond acceptors (Lipinski definition) is 5. The Morgan fingerprint density at radius 2 is 1.83 bits per heavy atom. The van der Waals surface area contributed by atoms with E-state index in [1.165, 1.54) is 0 Å². The molecule has 132 valence electrons. The van der Waals surface area contributed by atoms with Crippen molar-refractivity contribution in [2.45, 2.75) is 58.7 Å². The van der Waals surface area contributed by atoms with Crippen LogP contribution in [0.1, 0.15) is 57.8 Å². The van der Waals surface area contributed by atoms with Crippen molar-refractivity contribution in [1.82, 2.24) is 0 Å². The summed E-state index contributed by atoms with van der Waals surface area (Å²) in [6.45, 7) is 10.8. The van der Waals surface area contributed by atoms with Crippen molar-refractivity contribution in [3.8, 4) is 5.75 Å². The number of hydrogen-bond donors (Lipinski definition) is 0. The smallest absolute Gasteiger partial charge is 0.468 e. The molecule has 24 heavy (non-hydrogen) atoms. The molecule has 1 fully saturated rings. The van der Waals surface area contributed by atoms with E-state index in [1.807, 2.05) is 27.7 Å². The lowest BCUT2D eigenvalue weighted by Gasteiger charge is -2.32. The van der Waals surface area contributed by atoms with Crippen LogP contribution in [0.15, 0.2) is 18.2 Å². The van der Waals surface area contributed by atoms with Gasteiger partial charge in [-0.3, -0.25) is 4.79 Å². The third kappa shape index (κ3) is 3.99. The first-order chi connectivity index (χ1) is 11.3. The van der Waals surface area contributed by atoms with Gasteiger partial charge in [0.1, 0.15) is 12.0 Å². The van der Waals surface area contributed by atoms with Gasteiger partial charge in [0.05, 0.1) is 17.8 Å². The van der Waals surface area contributed by atoms with Crippen LogP contribution in [0, 0.1) is 0 Å². The molecule has 6 heteroatoms. The second kappa shape index (κ2) is 7.68. The zero-order valence-electron chi connectivity index (χ0n) is 15.3. The highest BCUT2D eigenvalue weighted by atomic mass is 16.7. The molecule has 1 heterocycles. The molecule has 1 aromatic rings. The molecule has 0 bridgehead atoms. The maximum absolute atomic E-state index is 11.5. The Hall–Kier alpha value is -1.37. The van der Waals surface area contributed by atoms with Gasteiger partial charge in [-0.1, -0.05) is 25.5 Å². The Kier molecular flexibility index (Phi) is 6.07. The number of rotatable bonds is 8. The number of ether oxygens (including phenoxy) is 2. The number of benzene rings is 1. The fourth-order valence-corrected chi connectivity index (χ4v) is 2.41. The Morgan fingerprint density at radius 1 is 1.17 bits per heavy atom. The maximum atomic E-state index is 11.5. The van der Waals surface area contributed by atoms with Crippen LogP contribution in [-0.2, 0) is 14.0 Å². The van der Waals surface area contributed by atoms with Gasteiger partial charge < -0.3 is 18.8 Å². The minimum atomic E-state index is -0.651. The summed E-state index contributed by atoms with van der Waals surface area (Å²) in [4.78, 5) is 11.5. The van der Waals surface area contributed by atoms with Crippen molar-refractivity contribution in [1.29, 1.82) is 0 Å². The van der Waals surface area contributed by atoms with E-state index in [4.69, 9.17) is 18.8 Å². The van der Waals surface area contributed by atoms with Gasteiger partial charge in [-0.15, -0.1) is 0 Å². The summed E-state index contributed by atoms with van der Waals surface area (Å²) < 4.78 is 23.3. The normalized spacial score (nSPS) is 18.6. The van der Waals surface area contributed by atoms with Crippen molar-refractivity contribution in [3.63, 3.8) is 0 Å². The highest BCUT2D eigenvalue weighted by Gasteiger charge is 2.53. The Bertz CT molecular complexity index is 555. The van der Waals surface area contributed by atoms with Crippen LogP contribution < -0.4 is 10.2 Å². The zero-order chi connectivity index (χ0) is 17.8. The minimum absolute atomic E-state index is 0.134. The molecule has 2 rings (SSSR count). The van der Waals surface area contributed by atoms with Gasteiger partial charge in [0.2, 0.25) is 0 Å². The second-order valence-electron chi connectivity index (χ2n) is 6.99. The third-order valence-corrected chi connectivity index (χ3v) is 4.66. The van der Waals surface area contributed by atoms with Crippen molar-refractivity contribution in [3.05, 3.63) is 23.8 Å². The van der Waals surface area contributed by atoms with E-state index in [1.54, 1.807) is 18.2 Å². The van der Waals surface area contributed by atoms with E-state index in [0.29, 0.717) is 23.4 Å². The van der Waals surface area contributed by atoms with E-state index in [0.717, 1.165) is 19.1 Å². The van der Waals surface area contributed by atoms with Crippen LogP contribution >= 0.6 is 0 Å². The average molecular weight is 334 g/mol. The monoisotopic (exact) mass is 334 g/mol. The minimum Gasteiger partial charge on any atom is -0.468 e. The molecule has 5 nitrogen and oxygen atoms in total. The van der Waals surface area contributed by atoms with Crippen LogP contribution in [0.3, 0.4) is 0 Å². The summed E-state index contributed by atoms with van der Waals surface area (Å²) >= 11 is 0. The first-order valence-electron chi connectivity index (χ1n) is 8.46. The van der Waals surface area contributed by atoms with E-state index in [-0.39, 0.29) is 6.79 Å². The van der Waals surface area contributed by atoms with Gasteiger partial charge in [-0.25, -0.2) is 0 Å². The molecule has 0 saturated carbocycles. The molecule has 1 saturated heterocycles. The lowest BCUT2D eigenvalue weighted by molar-refractivity contribution is 0.00578. The molecular weight excluding hydrogens is 307 g/mol. The van der Waals surface area contributed by atoms with E-state index < -0.39 is 18.3 Å². The fourth-order valence-electron chi connectivity index (χ4n) is 2.41. The number of carbonyl (C=O) groups is 1. The third-order valence-electron chi connectivity index (χ3n) is 4.66. The largest absolute Gasteiger partial charge is 0.499 e. The summed E-state index contributed by atoms with van der Waals surface area (Å²) in [6.07, 6.45) is 2.85. The maximum Gasteiger partial charge on any atom is 0.499 e. The zero-order valence-corrected chi connectivity index (χ0v) is 15.3. The molecule has 0 atom stereocenters. The number of carbonyl (C=O) groups excluding carboxylic acids is 1. The second-order valence-corrected chi connectivity index (χ2v) is 6.99. The van der Waals surface area contributed by atoms with E-state index in [9.17, 15) is 4.79 Å². The molecule has 0 amide bonds. The lowest BCUT2D eigenvalue weighted by atomic mass is 9.75. The van der Waals surface area contributed by atoms with Crippen LogP contribution in [0.2, 0.25) is 0 Å². The molecule has 0 aliphatic carbocycles. The van der Waals surface area contributed by atoms with Gasteiger partial charge in [-0.05, 0) is 40.2 Å². The lowest BCUT2D eigenvalue weighted by Crippen LogP contribution is -2.41. The molecule has 0 radical (unpaired) electrons. The quantitative estimate of drug-likeness (QED) is 0.317. The molecule has 1 aliphatic rings. The van der Waals surface area contributed by atoms with Gasteiger partial charge in [-0.2, -0.15) is 0 Å². The molecule has 0 spiro atoms. The van der Waals surface area contributed by atoms with Gasteiger partial charge >= 0.3 is 7.12 Å². The van der Waals surface area contributed by atoms with Crippen molar-refractivity contribution < 1.29 is 23.6 Å². The van der Waals surface area contributed by atoms with Crippen LogP contribution in [-0.4, -0.2) is 38.0 Å². The fraction of sp³-hybridized carbons (Fsp3) is 0.611. The average Bonchev–Trinajstić information content (AvgIpc) is 2.74. The van der Waals surface area contributed by atoms with Crippen molar-refractivity contribution >= 4 is 18.9 Å². The highest BCUT2D eigenvalue weighted by Crippen LogP contribution is 2.37. The first-order valence-corrected chi connectivity index (χ1v) is 8.46. The number of aldehydes is 1. The number of unbranched alkanes of at least 4 members (excludes halogenated alkanes) is 1. The summed E-state index contributed by atoms with van der Waals surface area (Å²) in [5, 5.41) is 0. The summed E-state index contributed by atoms with van der Waals surface area (Å²) in [5.41, 5.74) is 0.148. The predicted octanol–water partition coefficient (Wildman–Crippen LogP) is 2.95. The van der Waals surface area contributed by atoms with Crippen LogP contribution in [0.25, 0.3) is 0 Å².